The van der Waals surface area contributed by atoms with Crippen LogP contribution in [-0.2, 0) is 7.05 Å². The van der Waals surface area contributed by atoms with Gasteiger partial charge in [0.2, 0.25) is 0 Å². The van der Waals surface area contributed by atoms with Gasteiger partial charge in [0.05, 0.1) is 6.33 Å². The summed E-state index contributed by atoms with van der Waals surface area (Å²) in [6, 6.07) is 7.17. The smallest absolute Gasteiger partial charge is 0.278 e. The van der Waals surface area contributed by atoms with Gasteiger partial charge in [-0.05, 0) is 18.2 Å². The maximum absolute atomic E-state index is 12.1. The van der Waals surface area contributed by atoms with E-state index in [0.717, 1.165) is 5.69 Å². The molecule has 1 amide bonds. The highest BCUT2D eigenvalue weighted by Crippen LogP contribution is 2.17. The van der Waals surface area contributed by atoms with Crippen LogP contribution in [0.3, 0.4) is 0 Å². The number of nitrogen functional groups attached to an aromatic ring is 1. The predicted molar refractivity (Wildman–Crippen MR) is 66.8 cm³/mol. The van der Waals surface area contributed by atoms with Gasteiger partial charge in [-0.2, -0.15) is 0 Å². The number of carbonyl (C=O) groups excluding carboxylic acids is 1. The molecule has 0 aliphatic heterocycles. The maximum Gasteiger partial charge on any atom is 0.278 e. The van der Waals surface area contributed by atoms with Crippen LogP contribution in [0.25, 0.3) is 0 Å². The molecule has 2 aromatic rings. The molecular formula is C12H14N4O. The van der Waals surface area contributed by atoms with Crippen LogP contribution in [-0.4, -0.2) is 22.5 Å². The molecule has 17 heavy (non-hydrogen) atoms. The van der Waals surface area contributed by atoms with Crippen LogP contribution < -0.4 is 10.6 Å². The van der Waals surface area contributed by atoms with Crippen molar-refractivity contribution >= 4 is 17.3 Å². The lowest BCUT2D eigenvalue weighted by atomic mass is 10.2. The molecule has 2 N–H and O–H groups in total. The number of nitrogens with two attached hydrogens (primary N) is 1. The molecule has 0 saturated heterocycles. The summed E-state index contributed by atoms with van der Waals surface area (Å²) in [6.45, 7) is 0. The van der Waals surface area contributed by atoms with Crippen molar-refractivity contribution < 1.29 is 4.79 Å². The van der Waals surface area contributed by atoms with E-state index in [9.17, 15) is 4.79 Å². The third-order valence-corrected chi connectivity index (χ3v) is 2.49. The number of hydrogen-bond acceptors (Lipinski definition) is 3. The Labute approximate surface area is 99.5 Å². The molecule has 5 nitrogen and oxygen atoms in total. The standard InChI is InChI=1S/C12H14N4O/c1-15-7-11(14-8-15)12(17)16(2)10-5-3-4-9(13)6-10/h3-8H,13H2,1-2H3. The lowest BCUT2D eigenvalue weighted by molar-refractivity contribution is 0.0988. The SMILES string of the molecule is CN(C(=O)c1cn(C)cn1)c1cccc(N)c1. The lowest BCUT2D eigenvalue weighted by Crippen LogP contribution is -2.26. The van der Waals surface area contributed by atoms with E-state index in [2.05, 4.69) is 4.98 Å². The fraction of sp³-hybridized carbons (Fsp3) is 0.167. The highest BCUT2D eigenvalue weighted by atomic mass is 16.2. The van der Waals surface area contributed by atoms with Gasteiger partial charge in [0.25, 0.3) is 5.91 Å². The van der Waals surface area contributed by atoms with Crippen molar-refractivity contribution in [1.29, 1.82) is 0 Å². The van der Waals surface area contributed by atoms with Gasteiger partial charge < -0.3 is 15.2 Å². The van der Waals surface area contributed by atoms with Crippen molar-refractivity contribution in [3.05, 3.63) is 42.5 Å². The predicted octanol–water partition coefficient (Wildman–Crippen LogP) is 1.28. The summed E-state index contributed by atoms with van der Waals surface area (Å²) in [5, 5.41) is 0. The topological polar surface area (TPSA) is 64.2 Å². The first-order valence-corrected chi connectivity index (χ1v) is 5.19. The summed E-state index contributed by atoms with van der Waals surface area (Å²) in [7, 11) is 3.52. The Hall–Kier alpha value is -2.30. The van der Waals surface area contributed by atoms with Crippen molar-refractivity contribution in [2.75, 3.05) is 17.7 Å². The van der Waals surface area contributed by atoms with Gasteiger partial charge in [0.15, 0.2) is 0 Å². The Morgan fingerprint density at radius 3 is 2.82 bits per heavy atom. The number of aryl methyl sites for hydroxylation is 1. The van der Waals surface area contributed by atoms with Gasteiger partial charge in [-0.3, -0.25) is 4.79 Å². The molecule has 88 valence electrons. The number of carbonyl (C=O) groups is 1. The summed E-state index contributed by atoms with van der Waals surface area (Å²) in [5.41, 5.74) is 7.47. The van der Waals surface area contributed by atoms with Crippen LogP contribution in [0, 0.1) is 0 Å². The molecular weight excluding hydrogens is 216 g/mol. The third-order valence-electron chi connectivity index (χ3n) is 2.49. The van der Waals surface area contributed by atoms with Crippen molar-refractivity contribution in [2.24, 2.45) is 7.05 Å². The number of nitrogens with zero attached hydrogens (tertiary/aromatic N) is 3. The normalized spacial score (nSPS) is 10.2. The Morgan fingerprint density at radius 1 is 1.47 bits per heavy atom. The highest BCUT2D eigenvalue weighted by molar-refractivity contribution is 6.04. The number of aromatic nitrogens is 2. The fourth-order valence-corrected chi connectivity index (χ4v) is 1.55. The van der Waals surface area contributed by atoms with Crippen LogP contribution in [0.5, 0.6) is 0 Å². The second-order valence-corrected chi connectivity index (χ2v) is 3.88. The summed E-state index contributed by atoms with van der Waals surface area (Å²) in [6.07, 6.45) is 3.28. The minimum atomic E-state index is -0.156. The molecule has 0 spiro atoms. The van der Waals surface area contributed by atoms with Crippen molar-refractivity contribution in [1.82, 2.24) is 9.55 Å². The Bertz CT molecular complexity index is 547. The molecule has 0 aliphatic carbocycles. The van der Waals surface area contributed by atoms with E-state index in [1.807, 2.05) is 19.2 Å². The zero-order chi connectivity index (χ0) is 12.4. The van der Waals surface area contributed by atoms with E-state index in [1.54, 1.807) is 36.3 Å². The minimum absolute atomic E-state index is 0.156. The van der Waals surface area contributed by atoms with Gasteiger partial charge in [-0.25, -0.2) is 4.98 Å². The Morgan fingerprint density at radius 2 is 2.24 bits per heavy atom. The first kappa shape index (κ1) is 11.2. The average Bonchev–Trinajstić information content (AvgIpc) is 2.74. The quantitative estimate of drug-likeness (QED) is 0.790. The van der Waals surface area contributed by atoms with Gasteiger partial charge in [0, 0.05) is 31.7 Å². The lowest BCUT2D eigenvalue weighted by Gasteiger charge is -2.16. The summed E-state index contributed by atoms with van der Waals surface area (Å²) >= 11 is 0. The average molecular weight is 230 g/mol. The molecule has 1 aromatic heterocycles. The van der Waals surface area contributed by atoms with Crippen molar-refractivity contribution in [3.8, 4) is 0 Å². The summed E-state index contributed by atoms with van der Waals surface area (Å²) < 4.78 is 1.74. The van der Waals surface area contributed by atoms with Gasteiger partial charge in [-0.15, -0.1) is 0 Å². The molecule has 0 radical (unpaired) electrons. The second kappa shape index (κ2) is 4.29. The molecule has 2 rings (SSSR count). The second-order valence-electron chi connectivity index (χ2n) is 3.88. The van der Waals surface area contributed by atoms with Crippen molar-refractivity contribution in [2.45, 2.75) is 0 Å². The third kappa shape index (κ3) is 2.28. The number of amides is 1. The summed E-state index contributed by atoms with van der Waals surface area (Å²) in [5.74, 6) is -0.156. The first-order valence-electron chi connectivity index (χ1n) is 5.19. The van der Waals surface area contributed by atoms with E-state index in [1.165, 1.54) is 4.90 Å². The van der Waals surface area contributed by atoms with Crippen LogP contribution in [0.15, 0.2) is 36.8 Å². The number of hydrogen-bond donors (Lipinski definition) is 1. The molecule has 0 fully saturated rings. The zero-order valence-electron chi connectivity index (χ0n) is 9.79. The van der Waals surface area contributed by atoms with E-state index < -0.39 is 0 Å². The van der Waals surface area contributed by atoms with E-state index in [0.29, 0.717) is 11.4 Å². The van der Waals surface area contributed by atoms with Crippen LogP contribution in [0.2, 0.25) is 0 Å². The molecule has 0 aliphatic rings. The number of imidazole rings is 1. The Balaban J connectivity index is 2.26. The van der Waals surface area contributed by atoms with Gasteiger partial charge in [-0.1, -0.05) is 6.07 Å². The zero-order valence-corrected chi connectivity index (χ0v) is 9.79. The molecule has 0 atom stereocenters. The number of anilines is 2. The first-order chi connectivity index (χ1) is 8.08. The van der Waals surface area contributed by atoms with E-state index in [4.69, 9.17) is 5.73 Å². The molecule has 1 heterocycles. The highest BCUT2D eigenvalue weighted by Gasteiger charge is 2.15. The van der Waals surface area contributed by atoms with Gasteiger partial charge in [0.1, 0.15) is 5.69 Å². The molecule has 5 heteroatoms. The molecule has 0 unspecified atom stereocenters. The largest absolute Gasteiger partial charge is 0.399 e. The fourth-order valence-electron chi connectivity index (χ4n) is 1.55. The number of benzene rings is 1. The monoisotopic (exact) mass is 230 g/mol. The molecule has 0 bridgehead atoms. The molecule has 1 aromatic carbocycles. The maximum atomic E-state index is 12.1. The summed E-state index contributed by atoms with van der Waals surface area (Å²) in [4.78, 5) is 17.6. The van der Waals surface area contributed by atoms with E-state index >= 15 is 0 Å². The molecule has 0 saturated carbocycles. The van der Waals surface area contributed by atoms with Gasteiger partial charge >= 0.3 is 0 Å². The van der Waals surface area contributed by atoms with Crippen molar-refractivity contribution in [3.63, 3.8) is 0 Å². The number of rotatable bonds is 2. The Kier molecular flexibility index (Phi) is 2.82. The van der Waals surface area contributed by atoms with E-state index in [-0.39, 0.29) is 5.91 Å². The minimum Gasteiger partial charge on any atom is -0.399 e. The van der Waals surface area contributed by atoms with Crippen LogP contribution in [0.4, 0.5) is 11.4 Å². The van der Waals surface area contributed by atoms with Crippen LogP contribution >= 0.6 is 0 Å². The van der Waals surface area contributed by atoms with Crippen LogP contribution in [0.1, 0.15) is 10.5 Å².